The first-order chi connectivity index (χ1) is 18.0. The van der Waals surface area contributed by atoms with Gasteiger partial charge in [-0.2, -0.15) is 0 Å². The Kier molecular flexibility index (Phi) is 8.59. The number of aryl methyl sites for hydroxylation is 1. The van der Waals surface area contributed by atoms with Crippen LogP contribution in [0.4, 0.5) is 10.5 Å². The van der Waals surface area contributed by atoms with Gasteiger partial charge in [-0.15, -0.1) is 0 Å². The third kappa shape index (κ3) is 6.57. The molecule has 3 aromatic carbocycles. The van der Waals surface area contributed by atoms with Gasteiger partial charge in [0.05, 0.1) is 19.6 Å². The van der Waals surface area contributed by atoms with Crippen molar-refractivity contribution in [3.05, 3.63) is 94.6 Å². The molecule has 0 spiro atoms. The minimum Gasteiger partial charge on any atom is -0.466 e. The van der Waals surface area contributed by atoms with Gasteiger partial charge < -0.3 is 14.0 Å². The number of hydrogen-bond acceptors (Lipinski definition) is 6. The van der Waals surface area contributed by atoms with Crippen molar-refractivity contribution in [2.75, 3.05) is 18.5 Å². The molecule has 0 fully saturated rings. The summed E-state index contributed by atoms with van der Waals surface area (Å²) in [5.41, 5.74) is 5.22. The highest BCUT2D eigenvalue weighted by Crippen LogP contribution is 2.34. The molecule has 1 N–H and O–H groups in total. The number of carbonyl (C=O) groups is 2. The zero-order valence-corrected chi connectivity index (χ0v) is 21.4. The largest absolute Gasteiger partial charge is 0.466 e. The number of hydrogen-bond donors (Lipinski definition) is 1. The fourth-order valence-corrected chi connectivity index (χ4v) is 4.19. The maximum absolute atomic E-state index is 12.5. The molecular formula is C29H27ClN2O5. The fraction of sp³-hybridized carbons (Fsp3) is 0.207. The quantitative estimate of drug-likeness (QED) is 0.243. The summed E-state index contributed by atoms with van der Waals surface area (Å²) in [5.74, 6) is 0.127. The van der Waals surface area contributed by atoms with E-state index in [9.17, 15) is 9.59 Å². The lowest BCUT2D eigenvalue weighted by Gasteiger charge is -2.11. The van der Waals surface area contributed by atoms with E-state index in [0.717, 1.165) is 27.8 Å². The molecule has 0 saturated carbocycles. The number of ether oxygens (including phenoxy) is 2. The third-order valence-corrected chi connectivity index (χ3v) is 6.11. The Labute approximate surface area is 220 Å². The number of benzene rings is 3. The standard InChI is InChI=1S/C29H27ClN2O5/c1-3-35-26(33)18-22-10-4-6-13-24(22)21-11-8-12-23(17-21)28-27(19(2)32-37-28)31-29(34)36-16-15-20-9-5-7-14-25(20)30/h4-14,17H,3,15-16,18H2,1-2H3,(H,31,34). The summed E-state index contributed by atoms with van der Waals surface area (Å²) in [7, 11) is 0. The van der Waals surface area contributed by atoms with Crippen LogP contribution in [0, 0.1) is 6.92 Å². The highest BCUT2D eigenvalue weighted by atomic mass is 35.5. The maximum Gasteiger partial charge on any atom is 0.411 e. The van der Waals surface area contributed by atoms with E-state index in [2.05, 4.69) is 10.5 Å². The van der Waals surface area contributed by atoms with Crippen LogP contribution in [0.3, 0.4) is 0 Å². The van der Waals surface area contributed by atoms with Gasteiger partial charge in [-0.25, -0.2) is 4.79 Å². The number of halogens is 1. The average molecular weight is 519 g/mol. The highest BCUT2D eigenvalue weighted by Gasteiger charge is 2.19. The van der Waals surface area contributed by atoms with Crippen molar-refractivity contribution in [1.29, 1.82) is 0 Å². The molecule has 8 heteroatoms. The molecule has 37 heavy (non-hydrogen) atoms. The SMILES string of the molecule is CCOC(=O)Cc1ccccc1-c1cccc(-c2onc(C)c2NC(=O)OCCc2ccccc2Cl)c1. The van der Waals surface area contributed by atoms with Gasteiger partial charge >= 0.3 is 12.1 Å². The molecule has 0 radical (unpaired) electrons. The minimum atomic E-state index is -0.615. The number of amides is 1. The molecule has 0 aliphatic rings. The normalized spacial score (nSPS) is 10.7. The molecule has 1 amide bonds. The number of nitrogens with zero attached hydrogens (tertiary/aromatic N) is 1. The van der Waals surface area contributed by atoms with Gasteiger partial charge in [-0.3, -0.25) is 10.1 Å². The van der Waals surface area contributed by atoms with Gasteiger partial charge in [-0.1, -0.05) is 77.4 Å². The van der Waals surface area contributed by atoms with Crippen LogP contribution in [0.15, 0.2) is 77.3 Å². The van der Waals surface area contributed by atoms with Crippen LogP contribution >= 0.6 is 11.6 Å². The van der Waals surface area contributed by atoms with Gasteiger partial charge in [0.2, 0.25) is 0 Å². The molecule has 190 valence electrons. The Hall–Kier alpha value is -4.10. The molecular weight excluding hydrogens is 492 g/mol. The molecule has 4 aromatic rings. The number of carbonyl (C=O) groups excluding carboxylic acids is 2. The zero-order valence-electron chi connectivity index (χ0n) is 20.6. The highest BCUT2D eigenvalue weighted by molar-refractivity contribution is 6.31. The monoisotopic (exact) mass is 518 g/mol. The zero-order chi connectivity index (χ0) is 26.2. The third-order valence-electron chi connectivity index (χ3n) is 5.75. The van der Waals surface area contributed by atoms with Crippen LogP contribution in [0.1, 0.15) is 23.7 Å². The van der Waals surface area contributed by atoms with Gasteiger partial charge in [-0.05, 0) is 48.2 Å². The van der Waals surface area contributed by atoms with Crippen molar-refractivity contribution in [1.82, 2.24) is 5.16 Å². The van der Waals surface area contributed by atoms with E-state index in [1.807, 2.05) is 66.7 Å². The minimum absolute atomic E-state index is 0.169. The second-order valence-corrected chi connectivity index (χ2v) is 8.70. The van der Waals surface area contributed by atoms with Crippen molar-refractivity contribution in [3.8, 4) is 22.5 Å². The van der Waals surface area contributed by atoms with Crippen molar-refractivity contribution >= 4 is 29.4 Å². The van der Waals surface area contributed by atoms with Crippen LogP contribution < -0.4 is 5.32 Å². The van der Waals surface area contributed by atoms with E-state index in [4.69, 9.17) is 25.6 Å². The summed E-state index contributed by atoms with van der Waals surface area (Å²) in [6.07, 6.45) is 0.0498. The van der Waals surface area contributed by atoms with Crippen molar-refractivity contribution in [2.45, 2.75) is 26.7 Å². The summed E-state index contributed by atoms with van der Waals surface area (Å²) < 4.78 is 16.1. The first kappa shape index (κ1) is 26.0. The topological polar surface area (TPSA) is 90.7 Å². The molecule has 0 saturated heterocycles. The summed E-state index contributed by atoms with van der Waals surface area (Å²) in [4.78, 5) is 24.6. The molecule has 4 rings (SSSR count). The molecule has 7 nitrogen and oxygen atoms in total. The van der Waals surface area contributed by atoms with E-state index in [0.29, 0.717) is 35.2 Å². The van der Waals surface area contributed by atoms with Crippen LogP contribution in [0.5, 0.6) is 0 Å². The van der Waals surface area contributed by atoms with Crippen LogP contribution in [0.25, 0.3) is 22.5 Å². The predicted octanol–water partition coefficient (Wildman–Crippen LogP) is 6.87. The number of nitrogens with one attached hydrogen (secondary N) is 1. The smallest absolute Gasteiger partial charge is 0.411 e. The number of esters is 1. The Morgan fingerprint density at radius 3 is 2.46 bits per heavy atom. The molecule has 0 atom stereocenters. The molecule has 0 bridgehead atoms. The lowest BCUT2D eigenvalue weighted by Crippen LogP contribution is -2.16. The van der Waals surface area contributed by atoms with Crippen molar-refractivity contribution < 1.29 is 23.6 Å². The summed E-state index contributed by atoms with van der Waals surface area (Å²) in [5, 5.41) is 7.43. The van der Waals surface area contributed by atoms with Crippen LogP contribution in [0.2, 0.25) is 5.02 Å². The first-order valence-electron chi connectivity index (χ1n) is 11.9. The molecule has 0 unspecified atom stereocenters. The van der Waals surface area contributed by atoms with Gasteiger partial charge in [0.25, 0.3) is 0 Å². The van der Waals surface area contributed by atoms with E-state index in [-0.39, 0.29) is 19.0 Å². The van der Waals surface area contributed by atoms with E-state index >= 15 is 0 Å². The Morgan fingerprint density at radius 1 is 0.946 bits per heavy atom. The summed E-state index contributed by atoms with van der Waals surface area (Å²) in [6.45, 7) is 4.03. The maximum atomic E-state index is 12.5. The van der Waals surface area contributed by atoms with Crippen molar-refractivity contribution in [2.24, 2.45) is 0 Å². The second kappa shape index (κ2) is 12.2. The number of anilines is 1. The van der Waals surface area contributed by atoms with Crippen LogP contribution in [-0.4, -0.2) is 30.4 Å². The fourth-order valence-electron chi connectivity index (χ4n) is 3.96. The Bertz CT molecular complexity index is 1400. The second-order valence-electron chi connectivity index (χ2n) is 8.29. The Morgan fingerprint density at radius 2 is 1.68 bits per heavy atom. The van der Waals surface area contributed by atoms with E-state index in [1.165, 1.54) is 0 Å². The van der Waals surface area contributed by atoms with Gasteiger partial charge in [0.1, 0.15) is 11.4 Å². The number of aromatic nitrogens is 1. The first-order valence-corrected chi connectivity index (χ1v) is 12.3. The predicted molar refractivity (Wildman–Crippen MR) is 143 cm³/mol. The molecule has 1 aromatic heterocycles. The summed E-state index contributed by atoms with van der Waals surface area (Å²) >= 11 is 6.17. The van der Waals surface area contributed by atoms with E-state index in [1.54, 1.807) is 19.9 Å². The van der Waals surface area contributed by atoms with Gasteiger partial charge in [0.15, 0.2) is 5.76 Å². The molecule has 0 aliphatic heterocycles. The van der Waals surface area contributed by atoms with Crippen LogP contribution in [-0.2, 0) is 27.1 Å². The Balaban J connectivity index is 1.51. The molecule has 0 aliphatic carbocycles. The van der Waals surface area contributed by atoms with Crippen molar-refractivity contribution in [3.63, 3.8) is 0 Å². The van der Waals surface area contributed by atoms with Gasteiger partial charge in [0, 0.05) is 17.0 Å². The number of rotatable bonds is 9. The lowest BCUT2D eigenvalue weighted by molar-refractivity contribution is -0.142. The lowest BCUT2D eigenvalue weighted by atomic mass is 9.95. The average Bonchev–Trinajstić information content (AvgIpc) is 3.25. The molecule has 1 heterocycles. The van der Waals surface area contributed by atoms with E-state index < -0.39 is 6.09 Å². The summed E-state index contributed by atoms with van der Waals surface area (Å²) in [6, 6.07) is 22.7.